The van der Waals surface area contributed by atoms with E-state index in [1.54, 1.807) is 24.3 Å². The van der Waals surface area contributed by atoms with Gasteiger partial charge in [0, 0.05) is 18.7 Å². The first kappa shape index (κ1) is 18.7. The normalized spacial score (nSPS) is 11.0. The number of pyridine rings is 1. The van der Waals surface area contributed by atoms with Crippen LogP contribution in [0, 0.1) is 0 Å². The van der Waals surface area contributed by atoms with Gasteiger partial charge in [-0.2, -0.15) is 0 Å². The molecule has 1 aromatic heterocycles. The lowest BCUT2D eigenvalue weighted by molar-refractivity contribution is -0.116. The summed E-state index contributed by atoms with van der Waals surface area (Å²) in [5.41, 5.74) is 0.600. The maximum Gasteiger partial charge on any atom is 0.224 e. The maximum absolute atomic E-state index is 11.8. The van der Waals surface area contributed by atoms with Crippen LogP contribution in [0.5, 0.6) is 11.6 Å². The molecule has 2 rings (SSSR count). The number of aromatic nitrogens is 1. The monoisotopic (exact) mass is 364 g/mol. The Morgan fingerprint density at radius 1 is 1.16 bits per heavy atom. The van der Waals surface area contributed by atoms with E-state index in [1.807, 2.05) is 0 Å². The fourth-order valence-corrected chi connectivity index (χ4v) is 2.63. The molecule has 0 saturated carbocycles. The number of nitrogens with one attached hydrogen (secondary N) is 1. The van der Waals surface area contributed by atoms with Crippen LogP contribution in [-0.4, -0.2) is 39.3 Å². The summed E-state index contributed by atoms with van der Waals surface area (Å²) in [5, 5.41) is 2.74. The lowest BCUT2D eigenvalue weighted by Gasteiger charge is -2.08. The Balaban J connectivity index is 1.72. The second-order valence-corrected chi connectivity index (χ2v) is 7.35. The number of anilines is 1. The highest BCUT2D eigenvalue weighted by molar-refractivity contribution is 7.90. The number of methoxy groups -OCH3 is 1. The van der Waals surface area contributed by atoms with Crippen LogP contribution in [0.4, 0.5) is 5.69 Å². The van der Waals surface area contributed by atoms with E-state index in [4.69, 9.17) is 9.47 Å². The second kappa shape index (κ2) is 8.48. The highest BCUT2D eigenvalue weighted by atomic mass is 32.2. The molecule has 0 aliphatic rings. The van der Waals surface area contributed by atoms with Crippen molar-refractivity contribution < 1.29 is 22.7 Å². The Hall–Kier alpha value is -2.61. The molecule has 0 aliphatic carbocycles. The minimum atomic E-state index is -3.21. The van der Waals surface area contributed by atoms with Crippen LogP contribution in [0.1, 0.15) is 12.8 Å². The molecule has 0 fully saturated rings. The van der Waals surface area contributed by atoms with Gasteiger partial charge < -0.3 is 14.8 Å². The van der Waals surface area contributed by atoms with Crippen molar-refractivity contribution in [3.8, 4) is 11.6 Å². The van der Waals surface area contributed by atoms with Crippen molar-refractivity contribution in [3.05, 3.63) is 42.6 Å². The number of carbonyl (C=O) groups excluding carboxylic acids is 1. The van der Waals surface area contributed by atoms with Gasteiger partial charge in [0.2, 0.25) is 11.8 Å². The van der Waals surface area contributed by atoms with E-state index in [1.165, 1.54) is 25.4 Å². The van der Waals surface area contributed by atoms with Crippen molar-refractivity contribution in [3.63, 3.8) is 0 Å². The van der Waals surface area contributed by atoms with Crippen molar-refractivity contribution in [2.24, 2.45) is 0 Å². The molecule has 2 aromatic rings. The predicted molar refractivity (Wildman–Crippen MR) is 93.7 cm³/mol. The quantitative estimate of drug-likeness (QED) is 0.722. The average Bonchev–Trinajstić information content (AvgIpc) is 2.59. The van der Waals surface area contributed by atoms with Crippen molar-refractivity contribution in [2.45, 2.75) is 17.7 Å². The van der Waals surface area contributed by atoms with Gasteiger partial charge >= 0.3 is 0 Å². The smallest absolute Gasteiger partial charge is 0.224 e. The topological polar surface area (TPSA) is 94.6 Å². The van der Waals surface area contributed by atoms with Gasteiger partial charge in [0.05, 0.1) is 30.5 Å². The standard InChI is InChI=1S/C17H20N2O5S/c1-23-17-10-5-13(12-18-17)19-16(20)4-3-11-24-14-6-8-15(9-7-14)25(2,21)22/h5-10,12H,3-4,11H2,1-2H3,(H,19,20). The number of ether oxygens (including phenoxy) is 2. The minimum absolute atomic E-state index is 0.136. The number of hydrogen-bond donors (Lipinski definition) is 1. The minimum Gasteiger partial charge on any atom is -0.494 e. The average molecular weight is 364 g/mol. The number of carbonyl (C=O) groups is 1. The van der Waals surface area contributed by atoms with Crippen molar-refractivity contribution >= 4 is 21.4 Å². The number of rotatable bonds is 8. The fourth-order valence-electron chi connectivity index (χ4n) is 2.00. The van der Waals surface area contributed by atoms with Gasteiger partial charge in [-0.15, -0.1) is 0 Å². The molecule has 134 valence electrons. The number of benzene rings is 1. The summed E-state index contributed by atoms with van der Waals surface area (Å²) in [4.78, 5) is 16.1. The third-order valence-electron chi connectivity index (χ3n) is 3.30. The van der Waals surface area contributed by atoms with E-state index in [-0.39, 0.29) is 10.8 Å². The van der Waals surface area contributed by atoms with Crippen molar-refractivity contribution in [2.75, 3.05) is 25.3 Å². The van der Waals surface area contributed by atoms with E-state index in [2.05, 4.69) is 10.3 Å². The van der Waals surface area contributed by atoms with Gasteiger partial charge in [-0.3, -0.25) is 4.79 Å². The summed E-state index contributed by atoms with van der Waals surface area (Å²) >= 11 is 0. The zero-order valence-corrected chi connectivity index (χ0v) is 14.9. The Kier molecular flexibility index (Phi) is 6.35. The number of hydrogen-bond acceptors (Lipinski definition) is 6. The van der Waals surface area contributed by atoms with Crippen molar-refractivity contribution in [1.82, 2.24) is 4.98 Å². The molecule has 8 heteroatoms. The van der Waals surface area contributed by atoms with E-state index >= 15 is 0 Å². The lowest BCUT2D eigenvalue weighted by Crippen LogP contribution is -2.13. The lowest BCUT2D eigenvalue weighted by atomic mass is 10.3. The number of amides is 1. The van der Waals surface area contributed by atoms with E-state index in [0.29, 0.717) is 36.8 Å². The Bertz CT molecular complexity index is 802. The summed E-state index contributed by atoms with van der Waals surface area (Å²) in [5.74, 6) is 0.906. The molecule has 0 unspecified atom stereocenters. The molecule has 0 bridgehead atoms. The summed E-state index contributed by atoms with van der Waals surface area (Å²) < 4.78 is 33.2. The fraction of sp³-hybridized carbons (Fsp3) is 0.294. The highest BCUT2D eigenvalue weighted by Gasteiger charge is 2.07. The first-order valence-electron chi connectivity index (χ1n) is 7.61. The summed E-state index contributed by atoms with van der Waals surface area (Å²) in [6.07, 6.45) is 3.51. The van der Waals surface area contributed by atoms with Crippen LogP contribution in [0.2, 0.25) is 0 Å². The van der Waals surface area contributed by atoms with E-state index in [9.17, 15) is 13.2 Å². The molecule has 0 spiro atoms. The molecule has 1 N–H and O–H groups in total. The predicted octanol–water partition coefficient (Wildman–Crippen LogP) is 2.29. The molecular formula is C17H20N2O5S. The number of sulfone groups is 1. The van der Waals surface area contributed by atoms with Crippen LogP contribution in [0.25, 0.3) is 0 Å². The molecular weight excluding hydrogens is 344 g/mol. The third kappa shape index (κ3) is 6.07. The van der Waals surface area contributed by atoms with Crippen LogP contribution >= 0.6 is 0 Å². The first-order valence-corrected chi connectivity index (χ1v) is 9.50. The second-order valence-electron chi connectivity index (χ2n) is 5.33. The molecule has 25 heavy (non-hydrogen) atoms. The first-order chi connectivity index (χ1) is 11.9. The summed E-state index contributed by atoms with van der Waals surface area (Å²) in [6.45, 7) is 0.354. The molecule has 0 aliphatic heterocycles. The van der Waals surface area contributed by atoms with Crippen LogP contribution < -0.4 is 14.8 Å². The molecule has 1 heterocycles. The molecule has 7 nitrogen and oxygen atoms in total. The molecule has 0 atom stereocenters. The van der Waals surface area contributed by atoms with Crippen LogP contribution in [-0.2, 0) is 14.6 Å². The Labute approximate surface area is 146 Å². The maximum atomic E-state index is 11.8. The van der Waals surface area contributed by atoms with Gasteiger partial charge in [-0.25, -0.2) is 13.4 Å². The zero-order valence-electron chi connectivity index (χ0n) is 14.1. The van der Waals surface area contributed by atoms with Crippen molar-refractivity contribution in [1.29, 1.82) is 0 Å². The zero-order chi connectivity index (χ0) is 18.3. The van der Waals surface area contributed by atoms with Gasteiger partial charge in [0.1, 0.15) is 5.75 Å². The Morgan fingerprint density at radius 2 is 1.88 bits per heavy atom. The van der Waals surface area contributed by atoms with E-state index in [0.717, 1.165) is 6.26 Å². The van der Waals surface area contributed by atoms with Gasteiger partial charge in [0.15, 0.2) is 9.84 Å². The van der Waals surface area contributed by atoms with Crippen LogP contribution in [0.3, 0.4) is 0 Å². The van der Waals surface area contributed by atoms with Gasteiger partial charge in [0.25, 0.3) is 0 Å². The molecule has 0 saturated heterocycles. The summed E-state index contributed by atoms with van der Waals surface area (Å²) in [7, 11) is -1.69. The third-order valence-corrected chi connectivity index (χ3v) is 4.43. The molecule has 1 amide bonds. The number of nitrogens with zero attached hydrogens (tertiary/aromatic N) is 1. The SMILES string of the molecule is COc1ccc(NC(=O)CCCOc2ccc(S(C)(=O)=O)cc2)cn1. The van der Waals surface area contributed by atoms with E-state index < -0.39 is 9.84 Å². The van der Waals surface area contributed by atoms with Gasteiger partial charge in [-0.05, 0) is 36.8 Å². The highest BCUT2D eigenvalue weighted by Crippen LogP contribution is 2.16. The van der Waals surface area contributed by atoms with Crippen LogP contribution in [0.15, 0.2) is 47.5 Å². The summed E-state index contributed by atoms with van der Waals surface area (Å²) in [6, 6.07) is 9.56. The largest absolute Gasteiger partial charge is 0.494 e. The Morgan fingerprint density at radius 3 is 2.44 bits per heavy atom. The van der Waals surface area contributed by atoms with Gasteiger partial charge in [-0.1, -0.05) is 0 Å². The molecule has 1 aromatic carbocycles. The molecule has 0 radical (unpaired) electrons.